The highest BCUT2D eigenvalue weighted by atomic mass is 16.5. The Labute approximate surface area is 114 Å². The van der Waals surface area contributed by atoms with E-state index in [2.05, 4.69) is 22.5 Å². The second-order valence-corrected chi connectivity index (χ2v) is 4.51. The Hall–Kier alpha value is -1.62. The number of hydrogen-bond donors (Lipinski definition) is 2. The molecule has 0 radical (unpaired) electrons. The summed E-state index contributed by atoms with van der Waals surface area (Å²) >= 11 is 0. The zero-order chi connectivity index (χ0) is 14.1. The Balaban J connectivity index is 2.56. The number of carbonyl (C=O) groups is 1. The number of pyridine rings is 1. The topological polar surface area (TPSA) is 63.2 Å². The summed E-state index contributed by atoms with van der Waals surface area (Å²) in [5, 5.41) is 6.14. The third kappa shape index (κ3) is 5.70. The lowest BCUT2D eigenvalue weighted by Crippen LogP contribution is -2.33. The number of nitrogens with one attached hydrogen (secondary N) is 2. The number of amides is 1. The van der Waals surface area contributed by atoms with Gasteiger partial charge in [0.1, 0.15) is 5.69 Å². The molecule has 0 saturated heterocycles. The fourth-order valence-corrected chi connectivity index (χ4v) is 1.60. The number of anilines is 1. The molecule has 0 aliphatic heterocycles. The molecule has 19 heavy (non-hydrogen) atoms. The van der Waals surface area contributed by atoms with E-state index >= 15 is 0 Å². The Morgan fingerprint density at radius 2 is 2.32 bits per heavy atom. The van der Waals surface area contributed by atoms with Crippen LogP contribution in [-0.4, -0.2) is 37.2 Å². The van der Waals surface area contributed by atoms with Crippen molar-refractivity contribution in [3.63, 3.8) is 0 Å². The lowest BCUT2D eigenvalue weighted by molar-refractivity contribution is 0.0924. The van der Waals surface area contributed by atoms with Gasteiger partial charge in [0.05, 0.1) is 0 Å². The average Bonchev–Trinajstić information content (AvgIpc) is 2.43. The molecule has 1 aromatic rings. The summed E-state index contributed by atoms with van der Waals surface area (Å²) in [5.41, 5.74) is 1.36. The highest BCUT2D eigenvalue weighted by Crippen LogP contribution is 2.08. The molecule has 1 amide bonds. The zero-order valence-corrected chi connectivity index (χ0v) is 11.9. The van der Waals surface area contributed by atoms with Gasteiger partial charge in [0, 0.05) is 38.2 Å². The Kier molecular flexibility index (Phi) is 6.89. The first-order valence-corrected chi connectivity index (χ1v) is 6.67. The maximum absolute atomic E-state index is 12.0. The van der Waals surface area contributed by atoms with Crippen LogP contribution in [0.5, 0.6) is 0 Å². The number of hydrogen-bond acceptors (Lipinski definition) is 4. The molecule has 0 aliphatic carbocycles. The van der Waals surface area contributed by atoms with Crippen LogP contribution in [-0.2, 0) is 4.74 Å². The molecule has 5 nitrogen and oxygen atoms in total. The molecule has 0 bridgehead atoms. The van der Waals surface area contributed by atoms with Crippen molar-refractivity contribution in [3.05, 3.63) is 24.0 Å². The summed E-state index contributed by atoms with van der Waals surface area (Å²) in [6.07, 6.45) is 3.47. The molecule has 1 rings (SSSR count). The number of nitrogens with zero attached hydrogens (tertiary/aromatic N) is 1. The number of aromatic nitrogens is 1. The van der Waals surface area contributed by atoms with Crippen LogP contribution < -0.4 is 10.6 Å². The van der Waals surface area contributed by atoms with E-state index in [0.29, 0.717) is 12.3 Å². The van der Waals surface area contributed by atoms with Crippen LogP contribution in [0.25, 0.3) is 0 Å². The third-order valence-corrected chi connectivity index (χ3v) is 2.70. The molecular weight excluding hydrogens is 242 g/mol. The molecule has 0 aliphatic rings. The standard InChI is InChI=1S/C14H23N3O2/c1-4-7-15-12-5-8-16-13(10-12)14(18)17-11(2)6-9-19-3/h5,8,10-11H,4,6-7,9H2,1-3H3,(H,15,16)(H,17,18). The van der Waals surface area contributed by atoms with Gasteiger partial charge < -0.3 is 15.4 Å². The monoisotopic (exact) mass is 265 g/mol. The molecule has 1 aromatic heterocycles. The van der Waals surface area contributed by atoms with Crippen LogP contribution in [0.15, 0.2) is 18.3 Å². The molecular formula is C14H23N3O2. The first-order chi connectivity index (χ1) is 9.17. The van der Waals surface area contributed by atoms with Gasteiger partial charge >= 0.3 is 0 Å². The van der Waals surface area contributed by atoms with Gasteiger partial charge in [-0.15, -0.1) is 0 Å². The Morgan fingerprint density at radius 1 is 1.53 bits per heavy atom. The van der Waals surface area contributed by atoms with Crippen molar-refractivity contribution in [1.82, 2.24) is 10.3 Å². The van der Waals surface area contributed by atoms with Crippen molar-refractivity contribution in [3.8, 4) is 0 Å². The van der Waals surface area contributed by atoms with Gasteiger partial charge in [-0.3, -0.25) is 9.78 Å². The predicted molar refractivity (Wildman–Crippen MR) is 76.4 cm³/mol. The number of rotatable bonds is 8. The smallest absolute Gasteiger partial charge is 0.270 e. The van der Waals surface area contributed by atoms with Crippen LogP contribution in [0, 0.1) is 0 Å². The predicted octanol–water partition coefficient (Wildman–Crippen LogP) is 2.06. The number of carbonyl (C=O) groups excluding carboxylic acids is 1. The van der Waals surface area contributed by atoms with Crippen LogP contribution in [0.2, 0.25) is 0 Å². The molecule has 0 saturated carbocycles. The first-order valence-electron chi connectivity index (χ1n) is 6.67. The van der Waals surface area contributed by atoms with Crippen LogP contribution in [0.1, 0.15) is 37.2 Å². The minimum Gasteiger partial charge on any atom is -0.385 e. The van der Waals surface area contributed by atoms with Crippen LogP contribution >= 0.6 is 0 Å². The quantitative estimate of drug-likeness (QED) is 0.755. The van der Waals surface area contributed by atoms with E-state index in [1.54, 1.807) is 19.4 Å². The maximum Gasteiger partial charge on any atom is 0.270 e. The molecule has 1 atom stereocenters. The van der Waals surface area contributed by atoms with Crippen molar-refractivity contribution in [2.75, 3.05) is 25.6 Å². The summed E-state index contributed by atoms with van der Waals surface area (Å²) in [5.74, 6) is -0.149. The molecule has 5 heteroatoms. The van der Waals surface area contributed by atoms with E-state index in [1.165, 1.54) is 0 Å². The molecule has 106 valence electrons. The second-order valence-electron chi connectivity index (χ2n) is 4.51. The Morgan fingerprint density at radius 3 is 3.00 bits per heavy atom. The summed E-state index contributed by atoms with van der Waals surface area (Å²) in [6, 6.07) is 3.70. The number of ether oxygens (including phenoxy) is 1. The van der Waals surface area contributed by atoms with E-state index in [1.807, 2.05) is 13.0 Å². The molecule has 1 unspecified atom stereocenters. The normalized spacial score (nSPS) is 11.9. The van der Waals surface area contributed by atoms with Gasteiger partial charge in [0.25, 0.3) is 5.91 Å². The summed E-state index contributed by atoms with van der Waals surface area (Å²) in [4.78, 5) is 16.1. The van der Waals surface area contributed by atoms with Gasteiger partial charge in [-0.2, -0.15) is 0 Å². The van der Waals surface area contributed by atoms with E-state index in [9.17, 15) is 4.79 Å². The maximum atomic E-state index is 12.0. The van der Waals surface area contributed by atoms with Gasteiger partial charge in [-0.05, 0) is 31.9 Å². The molecule has 0 aromatic carbocycles. The minimum atomic E-state index is -0.149. The summed E-state index contributed by atoms with van der Waals surface area (Å²) in [7, 11) is 1.65. The largest absolute Gasteiger partial charge is 0.385 e. The first kappa shape index (κ1) is 15.4. The molecule has 0 fully saturated rings. The van der Waals surface area contributed by atoms with Crippen LogP contribution in [0.3, 0.4) is 0 Å². The van der Waals surface area contributed by atoms with E-state index in [-0.39, 0.29) is 11.9 Å². The molecule has 1 heterocycles. The highest BCUT2D eigenvalue weighted by molar-refractivity contribution is 5.93. The van der Waals surface area contributed by atoms with E-state index < -0.39 is 0 Å². The molecule has 0 spiro atoms. The van der Waals surface area contributed by atoms with E-state index in [4.69, 9.17) is 4.74 Å². The lowest BCUT2D eigenvalue weighted by Gasteiger charge is -2.13. The van der Waals surface area contributed by atoms with Crippen molar-refractivity contribution in [2.24, 2.45) is 0 Å². The SMILES string of the molecule is CCCNc1ccnc(C(=O)NC(C)CCOC)c1. The lowest BCUT2D eigenvalue weighted by atomic mass is 10.2. The van der Waals surface area contributed by atoms with Crippen molar-refractivity contribution in [1.29, 1.82) is 0 Å². The molecule has 2 N–H and O–H groups in total. The fourth-order valence-electron chi connectivity index (χ4n) is 1.60. The highest BCUT2D eigenvalue weighted by Gasteiger charge is 2.11. The third-order valence-electron chi connectivity index (χ3n) is 2.70. The van der Waals surface area contributed by atoms with E-state index in [0.717, 1.165) is 25.1 Å². The van der Waals surface area contributed by atoms with Crippen molar-refractivity contribution in [2.45, 2.75) is 32.7 Å². The van der Waals surface area contributed by atoms with Crippen molar-refractivity contribution >= 4 is 11.6 Å². The fraction of sp³-hybridized carbons (Fsp3) is 0.571. The zero-order valence-electron chi connectivity index (χ0n) is 11.9. The van der Waals surface area contributed by atoms with Gasteiger partial charge in [-0.25, -0.2) is 0 Å². The van der Waals surface area contributed by atoms with Gasteiger partial charge in [0.2, 0.25) is 0 Å². The minimum absolute atomic E-state index is 0.0708. The average molecular weight is 265 g/mol. The van der Waals surface area contributed by atoms with Gasteiger partial charge in [-0.1, -0.05) is 6.92 Å². The Bertz CT molecular complexity index is 396. The number of methoxy groups -OCH3 is 1. The second kappa shape index (κ2) is 8.48. The van der Waals surface area contributed by atoms with Gasteiger partial charge in [0.15, 0.2) is 0 Å². The summed E-state index contributed by atoms with van der Waals surface area (Å²) in [6.45, 7) is 5.57. The van der Waals surface area contributed by atoms with Crippen molar-refractivity contribution < 1.29 is 9.53 Å². The summed E-state index contributed by atoms with van der Waals surface area (Å²) < 4.78 is 4.99. The van der Waals surface area contributed by atoms with Crippen LogP contribution in [0.4, 0.5) is 5.69 Å².